The van der Waals surface area contributed by atoms with E-state index >= 15 is 0 Å². The molecule has 154 valence electrons. The molecule has 1 aliphatic heterocycles. The smallest absolute Gasteiger partial charge is 0.280 e. The van der Waals surface area contributed by atoms with E-state index in [1.165, 1.54) is 12.1 Å². The SMILES string of the molecule is Cc1nsc(NC(=O)/C(=N/O[C@@H]2CCOC2)c2ccc(S(=O)(=O)C3CC3)cc2)n1. The molecular formula is C18H20N4O5S2. The van der Waals surface area contributed by atoms with Gasteiger partial charge in [-0.1, -0.05) is 17.3 Å². The Bertz CT molecular complexity index is 1020. The molecule has 2 aromatic rings. The fourth-order valence-corrected chi connectivity index (χ4v) is 5.05. The lowest BCUT2D eigenvalue weighted by atomic mass is 10.1. The molecule has 1 aliphatic carbocycles. The molecule has 1 N–H and O–H groups in total. The van der Waals surface area contributed by atoms with Gasteiger partial charge in [0.2, 0.25) is 5.13 Å². The van der Waals surface area contributed by atoms with Gasteiger partial charge in [-0.2, -0.15) is 4.37 Å². The Morgan fingerprint density at radius 1 is 1.28 bits per heavy atom. The van der Waals surface area contributed by atoms with Crippen LogP contribution in [0, 0.1) is 6.92 Å². The molecule has 2 aliphatic rings. The normalized spacial score (nSPS) is 19.9. The molecular weight excluding hydrogens is 416 g/mol. The topological polar surface area (TPSA) is 120 Å². The number of hydrogen-bond acceptors (Lipinski definition) is 9. The van der Waals surface area contributed by atoms with E-state index in [1.54, 1.807) is 19.1 Å². The summed E-state index contributed by atoms with van der Waals surface area (Å²) in [5.41, 5.74) is 0.470. The average Bonchev–Trinajstić information content (AvgIpc) is 3.31. The molecule has 9 nitrogen and oxygen atoms in total. The largest absolute Gasteiger partial charge is 0.389 e. The van der Waals surface area contributed by atoms with Crippen molar-refractivity contribution in [3.63, 3.8) is 0 Å². The zero-order chi connectivity index (χ0) is 20.4. The maximum atomic E-state index is 12.8. The summed E-state index contributed by atoms with van der Waals surface area (Å²) < 4.78 is 34.1. The molecule has 1 aromatic heterocycles. The second kappa shape index (κ2) is 8.17. The summed E-state index contributed by atoms with van der Waals surface area (Å²) >= 11 is 1.06. The average molecular weight is 437 g/mol. The molecule has 1 atom stereocenters. The quantitative estimate of drug-likeness (QED) is 0.520. The van der Waals surface area contributed by atoms with Crippen LogP contribution in [0.5, 0.6) is 0 Å². The lowest BCUT2D eigenvalue weighted by Crippen LogP contribution is -2.25. The van der Waals surface area contributed by atoms with Crippen molar-refractivity contribution in [1.82, 2.24) is 9.36 Å². The first kappa shape index (κ1) is 19.9. The van der Waals surface area contributed by atoms with Crippen LogP contribution in [0.25, 0.3) is 0 Å². The van der Waals surface area contributed by atoms with Gasteiger partial charge in [-0.15, -0.1) is 0 Å². The van der Waals surface area contributed by atoms with E-state index in [9.17, 15) is 13.2 Å². The molecule has 0 unspecified atom stereocenters. The Morgan fingerprint density at radius 3 is 2.62 bits per heavy atom. The number of amides is 1. The van der Waals surface area contributed by atoms with E-state index in [0.29, 0.717) is 49.0 Å². The number of ether oxygens (including phenoxy) is 1. The number of aryl methyl sites for hydroxylation is 1. The third-order valence-corrected chi connectivity index (χ3v) is 7.56. The maximum Gasteiger partial charge on any atom is 0.280 e. The fourth-order valence-electron chi connectivity index (χ4n) is 2.83. The van der Waals surface area contributed by atoms with E-state index in [0.717, 1.165) is 11.5 Å². The van der Waals surface area contributed by atoms with Crippen molar-refractivity contribution in [1.29, 1.82) is 0 Å². The Kier molecular flexibility index (Phi) is 5.61. The predicted molar refractivity (Wildman–Crippen MR) is 107 cm³/mol. The summed E-state index contributed by atoms with van der Waals surface area (Å²) in [6, 6.07) is 6.13. The molecule has 11 heteroatoms. The first-order valence-corrected chi connectivity index (χ1v) is 11.5. The number of sulfone groups is 1. The highest BCUT2D eigenvalue weighted by Gasteiger charge is 2.36. The summed E-state index contributed by atoms with van der Waals surface area (Å²) in [4.78, 5) is 22.6. The minimum atomic E-state index is -3.30. The van der Waals surface area contributed by atoms with Gasteiger partial charge in [-0.05, 0) is 31.9 Å². The number of nitrogens with zero attached hydrogens (tertiary/aromatic N) is 3. The molecule has 0 spiro atoms. The van der Waals surface area contributed by atoms with Gasteiger partial charge in [0, 0.05) is 23.5 Å². The van der Waals surface area contributed by atoms with Crippen LogP contribution in [-0.4, -0.2) is 54.0 Å². The molecule has 1 saturated carbocycles. The van der Waals surface area contributed by atoms with Gasteiger partial charge >= 0.3 is 0 Å². The van der Waals surface area contributed by atoms with Gasteiger partial charge in [0.25, 0.3) is 5.91 Å². The van der Waals surface area contributed by atoms with E-state index in [2.05, 4.69) is 19.8 Å². The van der Waals surface area contributed by atoms with Gasteiger partial charge in [0.1, 0.15) is 5.82 Å². The minimum Gasteiger partial charge on any atom is -0.389 e. The Balaban J connectivity index is 1.58. The van der Waals surface area contributed by atoms with Crippen molar-refractivity contribution >= 4 is 38.1 Å². The Hall–Kier alpha value is -2.37. The van der Waals surface area contributed by atoms with E-state index in [-0.39, 0.29) is 22.0 Å². The second-order valence-electron chi connectivity index (χ2n) is 6.90. The number of benzene rings is 1. The number of oxime groups is 1. The summed E-state index contributed by atoms with van der Waals surface area (Å²) in [7, 11) is -3.30. The van der Waals surface area contributed by atoms with Crippen LogP contribution in [0.2, 0.25) is 0 Å². The molecule has 1 saturated heterocycles. The Morgan fingerprint density at radius 2 is 2.03 bits per heavy atom. The standard InChI is InChI=1S/C18H20N4O5S2/c1-11-19-18(28-22-11)20-17(23)16(21-27-13-8-9-26-10-13)12-2-4-14(5-3-12)29(24,25)15-6-7-15/h2-5,13,15H,6-10H2,1H3,(H,19,20,22,23)/b21-16+/t13-/m1/s1. The fraction of sp³-hybridized carbons (Fsp3) is 0.444. The summed E-state index contributed by atoms with van der Waals surface area (Å²) in [6.45, 7) is 2.72. The number of carbonyl (C=O) groups excluding carboxylic acids is 1. The van der Waals surface area contributed by atoms with Crippen LogP contribution in [0.15, 0.2) is 34.3 Å². The molecule has 4 rings (SSSR count). The third-order valence-electron chi connectivity index (χ3n) is 4.56. The van der Waals surface area contributed by atoms with Gasteiger partial charge in [-0.25, -0.2) is 13.4 Å². The summed E-state index contributed by atoms with van der Waals surface area (Å²) in [5, 5.41) is 6.75. The van der Waals surface area contributed by atoms with Gasteiger partial charge < -0.3 is 9.57 Å². The second-order valence-corrected chi connectivity index (χ2v) is 9.88. The van der Waals surface area contributed by atoms with Crippen molar-refractivity contribution in [2.24, 2.45) is 5.16 Å². The highest BCUT2D eigenvalue weighted by Crippen LogP contribution is 2.33. The number of nitrogens with one attached hydrogen (secondary N) is 1. The first-order valence-electron chi connectivity index (χ1n) is 9.21. The molecule has 0 radical (unpaired) electrons. The lowest BCUT2D eigenvalue weighted by Gasteiger charge is -2.10. The number of anilines is 1. The van der Waals surface area contributed by atoms with E-state index < -0.39 is 15.7 Å². The van der Waals surface area contributed by atoms with Crippen LogP contribution in [-0.2, 0) is 24.2 Å². The van der Waals surface area contributed by atoms with Crippen LogP contribution in [0.1, 0.15) is 30.7 Å². The number of aromatic nitrogens is 2. The van der Waals surface area contributed by atoms with Crippen molar-refractivity contribution in [3.05, 3.63) is 35.7 Å². The molecule has 2 heterocycles. The molecule has 2 fully saturated rings. The zero-order valence-corrected chi connectivity index (χ0v) is 17.3. The Labute approximate surface area is 172 Å². The summed E-state index contributed by atoms with van der Waals surface area (Å²) in [6.07, 6.45) is 1.85. The number of carbonyl (C=O) groups is 1. The van der Waals surface area contributed by atoms with Crippen LogP contribution >= 0.6 is 11.5 Å². The molecule has 29 heavy (non-hydrogen) atoms. The summed E-state index contributed by atoms with van der Waals surface area (Å²) in [5.74, 6) is 0.0376. The van der Waals surface area contributed by atoms with Crippen LogP contribution in [0.3, 0.4) is 0 Å². The minimum absolute atomic E-state index is 0.0279. The lowest BCUT2D eigenvalue weighted by molar-refractivity contribution is -0.110. The van der Waals surface area contributed by atoms with E-state index in [1.807, 2.05) is 0 Å². The van der Waals surface area contributed by atoms with E-state index in [4.69, 9.17) is 9.57 Å². The number of rotatable bonds is 7. The monoisotopic (exact) mass is 436 g/mol. The third kappa shape index (κ3) is 4.62. The maximum absolute atomic E-state index is 12.8. The predicted octanol–water partition coefficient (Wildman–Crippen LogP) is 1.93. The zero-order valence-electron chi connectivity index (χ0n) is 15.7. The van der Waals surface area contributed by atoms with Gasteiger partial charge in [0.05, 0.1) is 23.4 Å². The van der Waals surface area contributed by atoms with Crippen molar-refractivity contribution < 1.29 is 22.8 Å². The van der Waals surface area contributed by atoms with Crippen LogP contribution in [0.4, 0.5) is 5.13 Å². The van der Waals surface area contributed by atoms with Gasteiger partial charge in [0.15, 0.2) is 21.7 Å². The van der Waals surface area contributed by atoms with Gasteiger partial charge in [-0.3, -0.25) is 10.1 Å². The highest BCUT2D eigenvalue weighted by molar-refractivity contribution is 7.92. The molecule has 1 amide bonds. The molecule has 1 aromatic carbocycles. The van der Waals surface area contributed by atoms with Crippen molar-refractivity contribution in [3.8, 4) is 0 Å². The highest BCUT2D eigenvalue weighted by atomic mass is 32.2. The van der Waals surface area contributed by atoms with Crippen molar-refractivity contribution in [2.45, 2.75) is 42.4 Å². The van der Waals surface area contributed by atoms with Crippen LogP contribution < -0.4 is 5.32 Å². The van der Waals surface area contributed by atoms with Crippen molar-refractivity contribution in [2.75, 3.05) is 18.5 Å². The first-order chi connectivity index (χ1) is 13.9. The number of hydrogen-bond donors (Lipinski definition) is 1. The molecule has 0 bridgehead atoms.